The number of hydrogen-bond acceptors (Lipinski definition) is 6. The number of nitrogens with one attached hydrogen (secondary N) is 1. The summed E-state index contributed by atoms with van der Waals surface area (Å²) < 4.78 is 6.57. The van der Waals surface area contributed by atoms with Crippen molar-refractivity contribution in [3.63, 3.8) is 0 Å². The molecule has 1 N–H and O–H groups in total. The van der Waals surface area contributed by atoms with Gasteiger partial charge in [0.2, 0.25) is 0 Å². The number of benzene rings is 2. The first-order valence-electron chi connectivity index (χ1n) is 8.81. The molecule has 0 unspecified atom stereocenters. The van der Waals surface area contributed by atoms with Crippen LogP contribution < -0.4 is 5.32 Å². The minimum absolute atomic E-state index is 0.180. The van der Waals surface area contributed by atoms with E-state index in [1.807, 2.05) is 39.0 Å². The van der Waals surface area contributed by atoms with Crippen molar-refractivity contribution in [3.05, 3.63) is 71.0 Å². The van der Waals surface area contributed by atoms with Gasteiger partial charge in [-0.2, -0.15) is 0 Å². The zero-order valence-corrected chi connectivity index (χ0v) is 15.9. The lowest BCUT2D eigenvalue weighted by molar-refractivity contribution is -0.124. The molecule has 0 bridgehead atoms. The van der Waals surface area contributed by atoms with E-state index < -0.39 is 5.97 Å². The molecular weight excluding hydrogens is 358 g/mol. The van der Waals surface area contributed by atoms with Gasteiger partial charge in [-0.05, 0) is 72.2 Å². The molecule has 1 atom stereocenters. The molecule has 0 saturated carbocycles. The molecule has 0 aliphatic carbocycles. The van der Waals surface area contributed by atoms with Crippen LogP contribution in [-0.4, -0.2) is 38.7 Å². The predicted octanol–water partition coefficient (Wildman–Crippen LogP) is 2.31. The number of esters is 1. The SMILES string of the molecule is Cc1ccc([C@@H](C)NC(=O)COC(=O)c2ccc(-n3cnnn3)cc2)cc1C. The molecule has 8 nitrogen and oxygen atoms in total. The fourth-order valence-corrected chi connectivity index (χ4v) is 2.64. The first-order valence-corrected chi connectivity index (χ1v) is 8.81. The topological polar surface area (TPSA) is 99.0 Å². The van der Waals surface area contributed by atoms with Crippen LogP contribution in [0.2, 0.25) is 0 Å². The van der Waals surface area contributed by atoms with E-state index >= 15 is 0 Å². The van der Waals surface area contributed by atoms with Gasteiger partial charge in [0, 0.05) is 0 Å². The summed E-state index contributed by atoms with van der Waals surface area (Å²) in [7, 11) is 0. The molecule has 1 aromatic heterocycles. The molecule has 0 fully saturated rings. The fourth-order valence-electron chi connectivity index (χ4n) is 2.64. The molecule has 0 aliphatic heterocycles. The molecule has 144 valence electrons. The summed E-state index contributed by atoms with van der Waals surface area (Å²) in [5, 5.41) is 13.7. The molecule has 1 amide bonds. The summed E-state index contributed by atoms with van der Waals surface area (Å²) in [4.78, 5) is 24.2. The summed E-state index contributed by atoms with van der Waals surface area (Å²) in [5.41, 5.74) is 4.41. The number of tetrazole rings is 1. The number of ether oxygens (including phenoxy) is 1. The molecule has 0 saturated heterocycles. The fraction of sp³-hybridized carbons (Fsp3) is 0.250. The number of hydrogen-bond donors (Lipinski definition) is 1. The van der Waals surface area contributed by atoms with E-state index in [0.717, 1.165) is 11.1 Å². The average Bonchev–Trinajstić information content (AvgIpc) is 3.23. The van der Waals surface area contributed by atoms with E-state index in [1.54, 1.807) is 24.3 Å². The summed E-state index contributed by atoms with van der Waals surface area (Å²) in [6.07, 6.45) is 1.45. The zero-order chi connectivity index (χ0) is 20.1. The second-order valence-corrected chi connectivity index (χ2v) is 6.51. The highest BCUT2D eigenvalue weighted by Crippen LogP contribution is 2.16. The number of amides is 1. The highest BCUT2D eigenvalue weighted by Gasteiger charge is 2.14. The summed E-state index contributed by atoms with van der Waals surface area (Å²) in [6, 6.07) is 12.4. The maximum absolute atomic E-state index is 12.1. The predicted molar refractivity (Wildman–Crippen MR) is 102 cm³/mol. The Balaban J connectivity index is 1.52. The Morgan fingerprint density at radius 3 is 2.50 bits per heavy atom. The third-order valence-electron chi connectivity index (χ3n) is 4.46. The minimum Gasteiger partial charge on any atom is -0.452 e. The monoisotopic (exact) mass is 379 g/mol. The van der Waals surface area contributed by atoms with Crippen LogP contribution in [0.5, 0.6) is 0 Å². The number of aryl methyl sites for hydroxylation is 2. The van der Waals surface area contributed by atoms with Crippen molar-refractivity contribution in [1.29, 1.82) is 0 Å². The highest BCUT2D eigenvalue weighted by molar-refractivity contribution is 5.91. The zero-order valence-electron chi connectivity index (χ0n) is 15.9. The normalized spacial score (nSPS) is 11.7. The summed E-state index contributed by atoms with van der Waals surface area (Å²) >= 11 is 0. The lowest BCUT2D eigenvalue weighted by atomic mass is 10.0. The highest BCUT2D eigenvalue weighted by atomic mass is 16.5. The maximum Gasteiger partial charge on any atom is 0.338 e. The Morgan fingerprint density at radius 2 is 1.86 bits per heavy atom. The maximum atomic E-state index is 12.1. The third-order valence-corrected chi connectivity index (χ3v) is 4.46. The van der Waals surface area contributed by atoms with Gasteiger partial charge in [-0.3, -0.25) is 4.79 Å². The van der Waals surface area contributed by atoms with Gasteiger partial charge in [-0.1, -0.05) is 18.2 Å². The summed E-state index contributed by atoms with van der Waals surface area (Å²) in [5.74, 6) is -0.929. The molecular formula is C20H21N5O3. The molecule has 0 spiro atoms. The van der Waals surface area contributed by atoms with Crippen molar-refractivity contribution in [3.8, 4) is 5.69 Å². The first-order chi connectivity index (χ1) is 13.4. The van der Waals surface area contributed by atoms with Gasteiger partial charge in [-0.15, -0.1) is 5.10 Å². The van der Waals surface area contributed by atoms with Gasteiger partial charge >= 0.3 is 5.97 Å². The number of rotatable bonds is 6. The van der Waals surface area contributed by atoms with Gasteiger partial charge in [-0.25, -0.2) is 9.48 Å². The van der Waals surface area contributed by atoms with Crippen LogP contribution in [0.4, 0.5) is 0 Å². The van der Waals surface area contributed by atoms with Crippen molar-refractivity contribution in [1.82, 2.24) is 25.5 Å². The van der Waals surface area contributed by atoms with Gasteiger partial charge in [0.1, 0.15) is 6.33 Å². The van der Waals surface area contributed by atoms with Crippen LogP contribution in [-0.2, 0) is 9.53 Å². The van der Waals surface area contributed by atoms with Crippen LogP contribution in [0.3, 0.4) is 0 Å². The second-order valence-electron chi connectivity index (χ2n) is 6.51. The number of aromatic nitrogens is 4. The molecule has 8 heteroatoms. The Bertz CT molecular complexity index is 968. The number of carbonyl (C=O) groups is 2. The smallest absolute Gasteiger partial charge is 0.338 e. The molecule has 0 aliphatic rings. The van der Waals surface area contributed by atoms with Crippen LogP contribution >= 0.6 is 0 Å². The van der Waals surface area contributed by atoms with Crippen molar-refractivity contribution >= 4 is 11.9 Å². The van der Waals surface area contributed by atoms with Gasteiger partial charge in [0.05, 0.1) is 17.3 Å². The molecule has 2 aromatic carbocycles. The molecule has 3 aromatic rings. The third kappa shape index (κ3) is 4.59. The minimum atomic E-state index is -0.572. The van der Waals surface area contributed by atoms with E-state index in [2.05, 4.69) is 20.8 Å². The van der Waals surface area contributed by atoms with E-state index in [4.69, 9.17) is 4.74 Å². The molecule has 1 heterocycles. The van der Waals surface area contributed by atoms with E-state index in [0.29, 0.717) is 11.3 Å². The standard InChI is InChI=1S/C20H21N5O3/c1-13-4-5-17(10-14(13)2)15(3)22-19(26)11-28-20(27)16-6-8-18(9-7-16)25-12-21-23-24-25/h4-10,12,15H,11H2,1-3H3,(H,22,26)/t15-/m1/s1. The van der Waals surface area contributed by atoms with Crippen LogP contribution in [0, 0.1) is 13.8 Å². The second kappa shape index (κ2) is 8.43. The Morgan fingerprint density at radius 1 is 1.11 bits per heavy atom. The first kappa shape index (κ1) is 19.2. The van der Waals surface area contributed by atoms with Gasteiger partial charge in [0.15, 0.2) is 6.61 Å². The van der Waals surface area contributed by atoms with Crippen LogP contribution in [0.1, 0.15) is 40.0 Å². The van der Waals surface area contributed by atoms with Gasteiger partial charge < -0.3 is 10.1 Å². The van der Waals surface area contributed by atoms with E-state index in [-0.39, 0.29) is 18.6 Å². The van der Waals surface area contributed by atoms with Crippen molar-refractivity contribution < 1.29 is 14.3 Å². The quantitative estimate of drug-likeness (QED) is 0.660. The largest absolute Gasteiger partial charge is 0.452 e. The van der Waals surface area contributed by atoms with Gasteiger partial charge in [0.25, 0.3) is 5.91 Å². The van der Waals surface area contributed by atoms with Crippen molar-refractivity contribution in [2.75, 3.05) is 6.61 Å². The molecule has 3 rings (SSSR count). The van der Waals surface area contributed by atoms with Crippen LogP contribution in [0.15, 0.2) is 48.8 Å². The lowest BCUT2D eigenvalue weighted by Crippen LogP contribution is -2.31. The number of nitrogens with zero attached hydrogens (tertiary/aromatic N) is 4. The average molecular weight is 379 g/mol. The Labute approximate surface area is 162 Å². The van der Waals surface area contributed by atoms with E-state index in [1.165, 1.54) is 16.6 Å². The summed E-state index contributed by atoms with van der Waals surface area (Å²) in [6.45, 7) is 5.61. The Hall–Kier alpha value is -3.55. The molecule has 28 heavy (non-hydrogen) atoms. The van der Waals surface area contributed by atoms with Crippen molar-refractivity contribution in [2.45, 2.75) is 26.8 Å². The molecule has 0 radical (unpaired) electrons. The van der Waals surface area contributed by atoms with Crippen LogP contribution in [0.25, 0.3) is 5.69 Å². The lowest BCUT2D eigenvalue weighted by Gasteiger charge is -2.15. The number of carbonyl (C=O) groups excluding carboxylic acids is 2. The van der Waals surface area contributed by atoms with Crippen molar-refractivity contribution in [2.24, 2.45) is 0 Å². The van der Waals surface area contributed by atoms with E-state index in [9.17, 15) is 9.59 Å². The Kier molecular flexibility index (Phi) is 5.78.